The predicted octanol–water partition coefficient (Wildman–Crippen LogP) is 19.7. The molecule has 0 amide bonds. The first-order valence-corrected chi connectivity index (χ1v) is 28.8. The highest BCUT2D eigenvalue weighted by molar-refractivity contribution is 5.70. The predicted molar refractivity (Wildman–Crippen MR) is 288 cm³/mol. The number of esters is 2. The number of carbonyl (C=O) groups is 2. The van der Waals surface area contributed by atoms with Gasteiger partial charge in [0.2, 0.25) is 0 Å². The minimum atomic E-state index is -0.563. The third kappa shape index (κ3) is 54.2. The number of ether oxygens (including phenoxy) is 3. The van der Waals surface area contributed by atoms with Crippen LogP contribution in [0.4, 0.5) is 0 Å². The van der Waals surface area contributed by atoms with Crippen molar-refractivity contribution >= 4 is 11.9 Å². The summed E-state index contributed by atoms with van der Waals surface area (Å²) < 4.78 is 17.4. The van der Waals surface area contributed by atoms with E-state index in [4.69, 9.17) is 14.2 Å². The molecule has 0 saturated heterocycles. The van der Waals surface area contributed by atoms with Crippen molar-refractivity contribution in [3.8, 4) is 0 Å². The summed E-state index contributed by atoms with van der Waals surface area (Å²) in [5.74, 6) is -0.448. The second-order valence-electron chi connectivity index (χ2n) is 19.2. The fourth-order valence-corrected chi connectivity index (χ4v) is 8.31. The molecule has 5 nitrogen and oxygen atoms in total. The number of allylic oxidation sites excluding steroid dienone is 10. The molecule has 0 fully saturated rings. The van der Waals surface area contributed by atoms with Gasteiger partial charge in [-0.25, -0.2) is 0 Å². The van der Waals surface area contributed by atoms with Gasteiger partial charge in [-0.15, -0.1) is 0 Å². The molecular weight excluding hydrogens is 813 g/mol. The summed E-state index contributed by atoms with van der Waals surface area (Å²) in [6, 6.07) is 0. The third-order valence-electron chi connectivity index (χ3n) is 12.6. The fraction of sp³-hybridized carbons (Fsp3) is 0.803. The number of hydrogen-bond acceptors (Lipinski definition) is 5. The van der Waals surface area contributed by atoms with Crippen LogP contribution in [0.5, 0.6) is 0 Å². The number of rotatable bonds is 53. The van der Waals surface area contributed by atoms with Gasteiger partial charge >= 0.3 is 11.9 Å². The van der Waals surface area contributed by atoms with Gasteiger partial charge < -0.3 is 14.2 Å². The summed E-state index contributed by atoms with van der Waals surface area (Å²) in [5, 5.41) is 0. The second-order valence-corrected chi connectivity index (χ2v) is 19.2. The highest BCUT2D eigenvalue weighted by Crippen LogP contribution is 2.16. The van der Waals surface area contributed by atoms with Crippen LogP contribution in [0.25, 0.3) is 0 Å². The smallest absolute Gasteiger partial charge is 0.306 e. The van der Waals surface area contributed by atoms with Gasteiger partial charge in [-0.05, 0) is 57.8 Å². The van der Waals surface area contributed by atoms with Gasteiger partial charge in [-0.3, -0.25) is 9.59 Å². The first-order chi connectivity index (χ1) is 32.6. The molecule has 66 heavy (non-hydrogen) atoms. The summed E-state index contributed by atoms with van der Waals surface area (Å²) in [6.45, 7) is 7.71. The standard InChI is InChI=1S/C61H110O5/c1-4-7-10-13-16-19-22-25-28-31-33-36-39-42-45-48-51-54-60(62)65-58-59(57-64-56-53-50-47-44-41-38-35-30-27-24-21-18-15-12-9-6-3)66-61(63)55-52-49-46-43-40-37-34-32-29-26-23-20-17-14-11-8-5-2/h8,11,17,20,26,29,34,37,43,46,59H,4-7,9-10,12-16,18-19,21-25,27-28,30-33,35-36,38-42,44-45,47-58H2,1-3H3/b11-8-,20-17-,29-26-,37-34-,46-43-/t59-/m1/s1. The Labute approximate surface area is 411 Å². The van der Waals surface area contributed by atoms with Crippen LogP contribution < -0.4 is 0 Å². The maximum absolute atomic E-state index is 12.8. The zero-order valence-electron chi connectivity index (χ0n) is 44.2. The molecule has 0 unspecified atom stereocenters. The molecule has 1 atom stereocenters. The van der Waals surface area contributed by atoms with Crippen LogP contribution in [0, 0.1) is 0 Å². The fourth-order valence-electron chi connectivity index (χ4n) is 8.31. The monoisotopic (exact) mass is 923 g/mol. The average Bonchev–Trinajstić information content (AvgIpc) is 3.32. The summed E-state index contributed by atoms with van der Waals surface area (Å²) >= 11 is 0. The Morgan fingerprint density at radius 1 is 0.348 bits per heavy atom. The maximum atomic E-state index is 12.8. The van der Waals surface area contributed by atoms with E-state index in [9.17, 15) is 9.59 Å². The van der Waals surface area contributed by atoms with E-state index < -0.39 is 6.10 Å². The van der Waals surface area contributed by atoms with Crippen LogP contribution in [0.15, 0.2) is 60.8 Å². The molecule has 0 bridgehead atoms. The Kier molecular flexibility index (Phi) is 54.9. The van der Waals surface area contributed by atoms with Crippen LogP contribution in [-0.4, -0.2) is 37.9 Å². The lowest BCUT2D eigenvalue weighted by Gasteiger charge is -2.18. The zero-order valence-corrected chi connectivity index (χ0v) is 44.2. The number of hydrogen-bond donors (Lipinski definition) is 0. The van der Waals surface area contributed by atoms with Crippen LogP contribution in [0.3, 0.4) is 0 Å². The molecule has 0 aliphatic heterocycles. The van der Waals surface area contributed by atoms with Crippen LogP contribution >= 0.6 is 0 Å². The molecule has 0 radical (unpaired) electrons. The Balaban J connectivity index is 4.32. The Hall–Kier alpha value is -2.40. The molecule has 0 N–H and O–H groups in total. The van der Waals surface area contributed by atoms with E-state index in [-0.39, 0.29) is 25.2 Å². The summed E-state index contributed by atoms with van der Waals surface area (Å²) in [6.07, 6.45) is 72.5. The van der Waals surface area contributed by atoms with Gasteiger partial charge in [-0.1, -0.05) is 281 Å². The van der Waals surface area contributed by atoms with Crippen molar-refractivity contribution in [2.45, 2.75) is 297 Å². The molecule has 0 aromatic rings. The highest BCUT2D eigenvalue weighted by atomic mass is 16.6. The van der Waals surface area contributed by atoms with E-state index in [0.717, 1.165) is 70.6 Å². The van der Waals surface area contributed by atoms with E-state index >= 15 is 0 Å². The Morgan fingerprint density at radius 3 is 1.08 bits per heavy atom. The highest BCUT2D eigenvalue weighted by Gasteiger charge is 2.17. The van der Waals surface area contributed by atoms with E-state index in [0.29, 0.717) is 19.4 Å². The molecular formula is C61H110O5. The molecule has 0 aliphatic carbocycles. The van der Waals surface area contributed by atoms with Crippen molar-refractivity contribution in [2.24, 2.45) is 0 Å². The van der Waals surface area contributed by atoms with E-state index in [1.807, 2.05) is 0 Å². The molecule has 0 rings (SSSR count). The van der Waals surface area contributed by atoms with Gasteiger partial charge in [0.15, 0.2) is 6.10 Å². The van der Waals surface area contributed by atoms with E-state index in [1.165, 1.54) is 186 Å². The normalized spacial score (nSPS) is 12.6. The van der Waals surface area contributed by atoms with Crippen molar-refractivity contribution in [3.05, 3.63) is 60.8 Å². The lowest BCUT2D eigenvalue weighted by atomic mass is 10.0. The molecule has 0 aromatic carbocycles. The largest absolute Gasteiger partial charge is 0.462 e. The molecule has 384 valence electrons. The minimum absolute atomic E-state index is 0.0667. The van der Waals surface area contributed by atoms with Crippen molar-refractivity contribution < 1.29 is 23.8 Å². The molecule has 0 spiro atoms. The van der Waals surface area contributed by atoms with Crippen LogP contribution in [-0.2, 0) is 23.8 Å². The minimum Gasteiger partial charge on any atom is -0.462 e. The van der Waals surface area contributed by atoms with E-state index in [1.54, 1.807) is 0 Å². The van der Waals surface area contributed by atoms with Crippen molar-refractivity contribution in [3.63, 3.8) is 0 Å². The van der Waals surface area contributed by atoms with Gasteiger partial charge in [0.05, 0.1) is 6.61 Å². The molecule has 0 heterocycles. The quantitative estimate of drug-likeness (QED) is 0.0346. The Morgan fingerprint density at radius 2 is 0.682 bits per heavy atom. The average molecular weight is 924 g/mol. The lowest BCUT2D eigenvalue weighted by molar-refractivity contribution is -0.162. The molecule has 0 aromatic heterocycles. The zero-order chi connectivity index (χ0) is 47.7. The van der Waals surface area contributed by atoms with Gasteiger partial charge in [-0.2, -0.15) is 0 Å². The summed E-state index contributed by atoms with van der Waals surface area (Å²) in [5.41, 5.74) is 0. The first kappa shape index (κ1) is 63.6. The van der Waals surface area contributed by atoms with Crippen molar-refractivity contribution in [1.82, 2.24) is 0 Å². The maximum Gasteiger partial charge on any atom is 0.306 e. The van der Waals surface area contributed by atoms with Gasteiger partial charge in [0.1, 0.15) is 6.61 Å². The summed E-state index contributed by atoms with van der Waals surface area (Å²) in [4.78, 5) is 25.5. The number of unbranched alkanes of at least 4 members (excludes halogenated alkanes) is 32. The lowest BCUT2D eigenvalue weighted by Crippen LogP contribution is -2.30. The second kappa shape index (κ2) is 56.9. The number of carbonyl (C=O) groups excluding carboxylic acids is 2. The molecule has 5 heteroatoms. The Bertz CT molecular complexity index is 1130. The molecule has 0 aliphatic rings. The van der Waals surface area contributed by atoms with Crippen molar-refractivity contribution in [2.75, 3.05) is 19.8 Å². The van der Waals surface area contributed by atoms with Crippen LogP contribution in [0.2, 0.25) is 0 Å². The summed E-state index contributed by atoms with van der Waals surface area (Å²) in [7, 11) is 0. The first-order valence-electron chi connectivity index (χ1n) is 28.8. The van der Waals surface area contributed by atoms with Crippen molar-refractivity contribution in [1.29, 1.82) is 0 Å². The SMILES string of the molecule is CC/C=C\C/C=C\C/C=C\C/C=C\C/C=C\CCCC(=O)O[C@H](COCCCCCCCCCCCCCCCCCC)COC(=O)CCCCCCCCCCCCCCCCCCC. The van der Waals surface area contributed by atoms with Crippen LogP contribution in [0.1, 0.15) is 290 Å². The van der Waals surface area contributed by atoms with E-state index in [2.05, 4.69) is 81.5 Å². The van der Waals surface area contributed by atoms with Gasteiger partial charge in [0.25, 0.3) is 0 Å². The molecule has 0 saturated carbocycles. The van der Waals surface area contributed by atoms with Gasteiger partial charge in [0, 0.05) is 19.4 Å². The topological polar surface area (TPSA) is 61.8 Å². The third-order valence-corrected chi connectivity index (χ3v) is 12.6.